The monoisotopic (exact) mass is 176 g/mol. The molecule has 13 heavy (non-hydrogen) atoms. The van der Waals surface area contributed by atoms with Gasteiger partial charge in [-0.25, -0.2) is 0 Å². The fourth-order valence-electron chi connectivity index (χ4n) is 0.933. The number of rotatable bonds is 4. The van der Waals surface area contributed by atoms with Crippen LogP contribution in [0.5, 0.6) is 0 Å². The summed E-state index contributed by atoms with van der Waals surface area (Å²) in [4.78, 5) is 0. The fraction of sp³-hybridized carbons (Fsp3) is 0.385. The van der Waals surface area contributed by atoms with Gasteiger partial charge in [-0.1, -0.05) is 56.4 Å². The molecule has 0 aliphatic rings. The van der Waals surface area contributed by atoms with Gasteiger partial charge in [0.1, 0.15) is 0 Å². The molecule has 72 valence electrons. The second-order valence-electron chi connectivity index (χ2n) is 3.43. The van der Waals surface area contributed by atoms with E-state index in [1.54, 1.807) is 6.08 Å². The van der Waals surface area contributed by atoms with Gasteiger partial charge >= 0.3 is 0 Å². The molecule has 0 bridgehead atoms. The molecular formula is C13H20. The lowest BCUT2D eigenvalue weighted by Gasteiger charge is -2.06. The van der Waals surface area contributed by atoms with Gasteiger partial charge in [0.05, 0.1) is 0 Å². The van der Waals surface area contributed by atoms with Crippen molar-refractivity contribution in [3.05, 3.63) is 48.1 Å². The molecule has 0 unspecified atom stereocenters. The molecule has 0 saturated carbocycles. The standard InChI is InChI=1S/C13H20/c1-6-8-9-13(11(3)4)10-12(5)7-2/h6-11H,1H2,2-5H3/b9-8-,12-7-,13-10-. The topological polar surface area (TPSA) is 0 Å². The maximum Gasteiger partial charge on any atom is -0.0219 e. The molecule has 0 radical (unpaired) electrons. The molecule has 0 aromatic heterocycles. The van der Waals surface area contributed by atoms with E-state index in [4.69, 9.17) is 0 Å². The summed E-state index contributed by atoms with van der Waals surface area (Å²) in [5.41, 5.74) is 2.65. The minimum absolute atomic E-state index is 0.561. The van der Waals surface area contributed by atoms with E-state index in [0.717, 1.165) is 0 Å². The number of hydrogen-bond acceptors (Lipinski definition) is 0. The SMILES string of the molecule is C=C\C=C/C(=C/C(C)=C\C)C(C)C. The molecule has 0 heterocycles. The van der Waals surface area contributed by atoms with Gasteiger partial charge in [0.2, 0.25) is 0 Å². The van der Waals surface area contributed by atoms with Crippen LogP contribution in [0.15, 0.2) is 48.1 Å². The highest BCUT2D eigenvalue weighted by Crippen LogP contribution is 2.13. The Hall–Kier alpha value is -1.04. The van der Waals surface area contributed by atoms with Crippen molar-refractivity contribution in [1.29, 1.82) is 0 Å². The van der Waals surface area contributed by atoms with Crippen molar-refractivity contribution in [3.63, 3.8) is 0 Å². The molecule has 0 atom stereocenters. The molecule has 0 rings (SSSR count). The van der Waals surface area contributed by atoms with Crippen LogP contribution >= 0.6 is 0 Å². The van der Waals surface area contributed by atoms with Crippen molar-refractivity contribution >= 4 is 0 Å². The van der Waals surface area contributed by atoms with Gasteiger partial charge in [-0.2, -0.15) is 0 Å². The average Bonchev–Trinajstić information content (AvgIpc) is 2.11. The van der Waals surface area contributed by atoms with E-state index in [1.165, 1.54) is 11.1 Å². The van der Waals surface area contributed by atoms with Crippen molar-refractivity contribution in [2.24, 2.45) is 5.92 Å². The molecule has 0 fully saturated rings. The Morgan fingerprint density at radius 2 is 1.92 bits per heavy atom. The van der Waals surface area contributed by atoms with Crippen LogP contribution in [0.25, 0.3) is 0 Å². The minimum atomic E-state index is 0.561. The first kappa shape index (κ1) is 12.0. The normalized spacial score (nSPS) is 14.2. The zero-order chi connectivity index (χ0) is 10.3. The van der Waals surface area contributed by atoms with Crippen molar-refractivity contribution in [2.45, 2.75) is 27.7 Å². The molecule has 0 spiro atoms. The van der Waals surface area contributed by atoms with Gasteiger partial charge in [-0.05, 0) is 25.3 Å². The average molecular weight is 176 g/mol. The molecule has 0 nitrogen and oxygen atoms in total. The highest BCUT2D eigenvalue weighted by molar-refractivity contribution is 5.31. The molecule has 0 aliphatic carbocycles. The van der Waals surface area contributed by atoms with Crippen LogP contribution in [-0.2, 0) is 0 Å². The predicted molar refractivity (Wildman–Crippen MR) is 61.7 cm³/mol. The van der Waals surface area contributed by atoms with Crippen LogP contribution < -0.4 is 0 Å². The van der Waals surface area contributed by atoms with Crippen LogP contribution in [0.4, 0.5) is 0 Å². The summed E-state index contributed by atoms with van der Waals surface area (Å²) in [6.45, 7) is 12.2. The van der Waals surface area contributed by atoms with Crippen molar-refractivity contribution in [2.75, 3.05) is 0 Å². The Balaban J connectivity index is 4.69. The summed E-state index contributed by atoms with van der Waals surface area (Å²) in [6.07, 6.45) is 10.2. The number of hydrogen-bond donors (Lipinski definition) is 0. The second kappa shape index (κ2) is 6.47. The third-order valence-corrected chi connectivity index (χ3v) is 1.94. The molecule has 0 amide bonds. The Kier molecular flexibility index (Phi) is 5.96. The van der Waals surface area contributed by atoms with E-state index in [-0.39, 0.29) is 0 Å². The van der Waals surface area contributed by atoms with Crippen LogP contribution in [0, 0.1) is 5.92 Å². The van der Waals surface area contributed by atoms with Crippen LogP contribution in [-0.4, -0.2) is 0 Å². The van der Waals surface area contributed by atoms with Crippen LogP contribution in [0.1, 0.15) is 27.7 Å². The Morgan fingerprint density at radius 3 is 2.31 bits per heavy atom. The zero-order valence-electron chi connectivity index (χ0n) is 9.17. The third kappa shape index (κ3) is 5.24. The quantitative estimate of drug-likeness (QED) is 0.561. The summed E-state index contributed by atoms with van der Waals surface area (Å²) in [5, 5.41) is 0. The van der Waals surface area contributed by atoms with Crippen molar-refractivity contribution in [3.8, 4) is 0 Å². The van der Waals surface area contributed by atoms with Gasteiger partial charge in [-0.15, -0.1) is 0 Å². The molecular weight excluding hydrogens is 156 g/mol. The van der Waals surface area contributed by atoms with Gasteiger partial charge in [0, 0.05) is 0 Å². The summed E-state index contributed by atoms with van der Waals surface area (Å²) in [5.74, 6) is 0.561. The fourth-order valence-corrected chi connectivity index (χ4v) is 0.933. The Bertz CT molecular complexity index is 237. The molecule has 0 saturated heterocycles. The lowest BCUT2D eigenvalue weighted by molar-refractivity contribution is 0.790. The molecule has 0 aliphatic heterocycles. The van der Waals surface area contributed by atoms with Gasteiger partial charge in [0.25, 0.3) is 0 Å². The van der Waals surface area contributed by atoms with Gasteiger partial charge in [-0.3, -0.25) is 0 Å². The third-order valence-electron chi connectivity index (χ3n) is 1.94. The summed E-state index contributed by atoms with van der Waals surface area (Å²) in [7, 11) is 0. The first-order valence-corrected chi connectivity index (χ1v) is 4.75. The van der Waals surface area contributed by atoms with Gasteiger partial charge < -0.3 is 0 Å². The summed E-state index contributed by atoms with van der Waals surface area (Å²) < 4.78 is 0. The molecule has 0 N–H and O–H groups in total. The van der Waals surface area contributed by atoms with E-state index < -0.39 is 0 Å². The van der Waals surface area contributed by atoms with Crippen LogP contribution in [0.3, 0.4) is 0 Å². The lowest BCUT2D eigenvalue weighted by Crippen LogP contribution is -1.90. The van der Waals surface area contributed by atoms with E-state index >= 15 is 0 Å². The highest BCUT2D eigenvalue weighted by Gasteiger charge is 1.97. The highest BCUT2D eigenvalue weighted by atomic mass is 14.0. The first-order valence-electron chi connectivity index (χ1n) is 4.75. The van der Waals surface area contributed by atoms with Crippen molar-refractivity contribution in [1.82, 2.24) is 0 Å². The summed E-state index contributed by atoms with van der Waals surface area (Å²) in [6, 6.07) is 0. The predicted octanol–water partition coefficient (Wildman–Crippen LogP) is 4.28. The van der Waals surface area contributed by atoms with Crippen molar-refractivity contribution < 1.29 is 0 Å². The summed E-state index contributed by atoms with van der Waals surface area (Å²) >= 11 is 0. The molecule has 0 aromatic carbocycles. The second-order valence-corrected chi connectivity index (χ2v) is 3.43. The number of allylic oxidation sites excluding steroid dienone is 7. The smallest absolute Gasteiger partial charge is 0.0219 e. The van der Waals surface area contributed by atoms with E-state index in [2.05, 4.69) is 52.5 Å². The molecule has 0 aromatic rings. The first-order chi connectivity index (χ1) is 6.11. The van der Waals surface area contributed by atoms with Crippen LogP contribution in [0.2, 0.25) is 0 Å². The van der Waals surface area contributed by atoms with E-state index in [1.807, 2.05) is 6.08 Å². The largest absolute Gasteiger partial charge is 0.0991 e. The zero-order valence-corrected chi connectivity index (χ0v) is 9.17. The molecule has 0 heteroatoms. The Morgan fingerprint density at radius 1 is 1.31 bits per heavy atom. The Labute approximate surface area is 82.4 Å². The maximum atomic E-state index is 3.66. The maximum absolute atomic E-state index is 3.66. The van der Waals surface area contributed by atoms with E-state index in [0.29, 0.717) is 5.92 Å². The lowest BCUT2D eigenvalue weighted by atomic mass is 10.0. The van der Waals surface area contributed by atoms with E-state index in [9.17, 15) is 0 Å². The minimum Gasteiger partial charge on any atom is -0.0991 e. The van der Waals surface area contributed by atoms with Gasteiger partial charge in [0.15, 0.2) is 0 Å².